The summed E-state index contributed by atoms with van der Waals surface area (Å²) in [6.07, 6.45) is 0. The van der Waals surface area contributed by atoms with Gasteiger partial charge in [0.05, 0.1) is 53.4 Å². The highest BCUT2D eigenvalue weighted by atomic mass is 16.5. The van der Waals surface area contributed by atoms with Crippen molar-refractivity contribution in [2.75, 3.05) is 19.0 Å². The summed E-state index contributed by atoms with van der Waals surface area (Å²) in [6, 6.07) is 18.1. The van der Waals surface area contributed by atoms with Crippen LogP contribution in [-0.4, -0.2) is 34.4 Å². The summed E-state index contributed by atoms with van der Waals surface area (Å²) in [7, 11) is 1.52. The van der Waals surface area contributed by atoms with Gasteiger partial charge in [0, 0.05) is 11.5 Å². The van der Waals surface area contributed by atoms with Crippen LogP contribution in [0.2, 0.25) is 0 Å². The molecule has 0 saturated heterocycles. The monoisotopic (exact) mass is 441 g/mol. The quantitative estimate of drug-likeness (QED) is 0.460. The molecule has 0 aliphatic carbocycles. The number of aromatic nitrogens is 3. The van der Waals surface area contributed by atoms with Crippen molar-refractivity contribution >= 4 is 22.5 Å². The van der Waals surface area contributed by atoms with Crippen molar-refractivity contribution in [3.8, 4) is 17.7 Å². The number of carbonyl (C=O) groups is 1. The van der Waals surface area contributed by atoms with E-state index in [2.05, 4.69) is 21.5 Å². The van der Waals surface area contributed by atoms with Crippen LogP contribution < -0.4 is 14.8 Å². The Morgan fingerprint density at radius 1 is 1.15 bits per heavy atom. The second-order valence-corrected chi connectivity index (χ2v) is 7.44. The normalized spacial score (nSPS) is 10.6. The molecule has 0 aliphatic heterocycles. The van der Waals surface area contributed by atoms with E-state index in [1.807, 2.05) is 38.1 Å². The minimum atomic E-state index is -0.258. The summed E-state index contributed by atoms with van der Waals surface area (Å²) < 4.78 is 12.8. The third-order valence-electron chi connectivity index (χ3n) is 5.32. The summed E-state index contributed by atoms with van der Waals surface area (Å²) in [4.78, 5) is 17.6. The fourth-order valence-electron chi connectivity index (χ4n) is 3.60. The number of anilines is 1. The summed E-state index contributed by atoms with van der Waals surface area (Å²) in [5.41, 5.74) is 3.96. The van der Waals surface area contributed by atoms with Gasteiger partial charge in [-0.2, -0.15) is 10.4 Å². The van der Waals surface area contributed by atoms with Crippen LogP contribution in [-0.2, 0) is 6.54 Å². The SMILES string of the molecule is COc1cc(C(=O)Nc2c(C)nn(CCOc3ccc(C#N)cc3)c2C)c2ccccc2n1. The number of nitrogens with one attached hydrogen (secondary N) is 1. The van der Waals surface area contributed by atoms with E-state index < -0.39 is 0 Å². The van der Waals surface area contributed by atoms with Gasteiger partial charge < -0.3 is 14.8 Å². The van der Waals surface area contributed by atoms with Crippen LogP contribution in [0.1, 0.15) is 27.3 Å². The highest BCUT2D eigenvalue weighted by molar-refractivity contribution is 6.13. The second-order valence-electron chi connectivity index (χ2n) is 7.44. The summed E-state index contributed by atoms with van der Waals surface area (Å²) in [6.45, 7) is 4.66. The summed E-state index contributed by atoms with van der Waals surface area (Å²) in [5, 5.41) is 17.2. The van der Waals surface area contributed by atoms with Gasteiger partial charge in [0.15, 0.2) is 0 Å². The van der Waals surface area contributed by atoms with Gasteiger partial charge >= 0.3 is 0 Å². The number of nitrogens with zero attached hydrogens (tertiary/aromatic N) is 4. The molecule has 8 nitrogen and oxygen atoms in total. The van der Waals surface area contributed by atoms with Crippen molar-refractivity contribution < 1.29 is 14.3 Å². The van der Waals surface area contributed by atoms with Gasteiger partial charge in [-0.1, -0.05) is 18.2 Å². The van der Waals surface area contributed by atoms with E-state index in [-0.39, 0.29) is 5.91 Å². The van der Waals surface area contributed by atoms with E-state index in [0.29, 0.717) is 52.8 Å². The number of benzene rings is 2. The Labute approximate surface area is 191 Å². The van der Waals surface area contributed by atoms with Gasteiger partial charge in [-0.25, -0.2) is 4.98 Å². The molecule has 4 aromatic rings. The molecule has 1 N–H and O–H groups in total. The molecule has 0 radical (unpaired) electrons. The van der Waals surface area contributed by atoms with Crippen LogP contribution in [0.3, 0.4) is 0 Å². The zero-order valence-corrected chi connectivity index (χ0v) is 18.6. The Morgan fingerprint density at radius 3 is 2.64 bits per heavy atom. The zero-order chi connectivity index (χ0) is 23.4. The molecule has 0 bridgehead atoms. The molecule has 0 fully saturated rings. The molecule has 0 aliphatic rings. The third-order valence-corrected chi connectivity index (χ3v) is 5.32. The Bertz CT molecular complexity index is 1350. The first-order chi connectivity index (χ1) is 16.0. The van der Waals surface area contributed by atoms with Gasteiger partial charge in [0.25, 0.3) is 5.91 Å². The van der Waals surface area contributed by atoms with E-state index in [4.69, 9.17) is 14.7 Å². The molecule has 1 amide bonds. The molecular weight excluding hydrogens is 418 g/mol. The largest absolute Gasteiger partial charge is 0.492 e. The average molecular weight is 441 g/mol. The topological polar surface area (TPSA) is 102 Å². The number of aryl methyl sites for hydroxylation is 1. The number of methoxy groups -OCH3 is 1. The first kappa shape index (κ1) is 21.8. The number of hydrogen-bond acceptors (Lipinski definition) is 6. The first-order valence-corrected chi connectivity index (χ1v) is 10.4. The molecule has 0 spiro atoms. The van der Waals surface area contributed by atoms with Gasteiger partial charge in [-0.3, -0.25) is 9.48 Å². The zero-order valence-electron chi connectivity index (χ0n) is 18.6. The number of rotatable bonds is 7. The number of ether oxygens (including phenoxy) is 2. The lowest BCUT2D eigenvalue weighted by Gasteiger charge is -2.11. The summed E-state index contributed by atoms with van der Waals surface area (Å²) in [5.74, 6) is 0.803. The molecule has 0 saturated carbocycles. The van der Waals surface area contributed by atoms with E-state index in [0.717, 1.165) is 11.1 Å². The highest BCUT2D eigenvalue weighted by Crippen LogP contribution is 2.25. The maximum Gasteiger partial charge on any atom is 0.256 e. The number of carbonyl (C=O) groups excluding carboxylic acids is 1. The van der Waals surface area contributed by atoms with Crippen LogP contribution >= 0.6 is 0 Å². The van der Waals surface area contributed by atoms with E-state index >= 15 is 0 Å². The van der Waals surface area contributed by atoms with Gasteiger partial charge in [-0.05, 0) is 44.2 Å². The molecule has 166 valence electrons. The Morgan fingerprint density at radius 2 is 1.91 bits per heavy atom. The van der Waals surface area contributed by atoms with Gasteiger partial charge in [0.2, 0.25) is 5.88 Å². The lowest BCUT2D eigenvalue weighted by atomic mass is 10.1. The number of hydrogen-bond donors (Lipinski definition) is 1. The fourth-order valence-corrected chi connectivity index (χ4v) is 3.60. The molecule has 2 aromatic heterocycles. The van der Waals surface area contributed by atoms with Crippen molar-refractivity contribution in [1.82, 2.24) is 14.8 Å². The Hall–Kier alpha value is -4.38. The van der Waals surface area contributed by atoms with E-state index in [1.165, 1.54) is 7.11 Å². The predicted octanol–water partition coefficient (Wildman–Crippen LogP) is 4.26. The smallest absolute Gasteiger partial charge is 0.256 e. The second kappa shape index (κ2) is 9.40. The molecule has 4 rings (SSSR count). The number of nitriles is 1. The maximum absolute atomic E-state index is 13.2. The summed E-state index contributed by atoms with van der Waals surface area (Å²) >= 11 is 0. The molecule has 2 aromatic carbocycles. The molecule has 0 atom stereocenters. The Kier molecular flexibility index (Phi) is 6.22. The number of pyridine rings is 1. The number of para-hydroxylation sites is 1. The highest BCUT2D eigenvalue weighted by Gasteiger charge is 2.18. The first-order valence-electron chi connectivity index (χ1n) is 10.4. The average Bonchev–Trinajstić information content (AvgIpc) is 3.11. The fraction of sp³-hybridized carbons (Fsp3) is 0.200. The van der Waals surface area contributed by atoms with Crippen molar-refractivity contribution in [2.24, 2.45) is 0 Å². The van der Waals surface area contributed by atoms with E-state index in [9.17, 15) is 4.79 Å². The van der Waals surface area contributed by atoms with Crippen LogP contribution in [0, 0.1) is 25.2 Å². The van der Waals surface area contributed by atoms with Crippen LogP contribution in [0.15, 0.2) is 54.6 Å². The number of fused-ring (bicyclic) bond motifs is 1. The van der Waals surface area contributed by atoms with Crippen molar-refractivity contribution in [1.29, 1.82) is 5.26 Å². The van der Waals surface area contributed by atoms with E-state index in [1.54, 1.807) is 35.0 Å². The third kappa shape index (κ3) is 4.62. The van der Waals surface area contributed by atoms with Gasteiger partial charge in [-0.15, -0.1) is 0 Å². The minimum absolute atomic E-state index is 0.258. The van der Waals surface area contributed by atoms with Crippen LogP contribution in [0.4, 0.5) is 5.69 Å². The molecule has 0 unspecified atom stereocenters. The van der Waals surface area contributed by atoms with Gasteiger partial charge in [0.1, 0.15) is 12.4 Å². The van der Waals surface area contributed by atoms with Crippen LogP contribution in [0.25, 0.3) is 10.9 Å². The van der Waals surface area contributed by atoms with Crippen molar-refractivity contribution in [3.63, 3.8) is 0 Å². The minimum Gasteiger partial charge on any atom is -0.492 e. The lowest BCUT2D eigenvalue weighted by molar-refractivity contribution is 0.102. The number of amides is 1. The molecule has 33 heavy (non-hydrogen) atoms. The molecule has 8 heteroatoms. The van der Waals surface area contributed by atoms with Crippen molar-refractivity contribution in [3.05, 3.63) is 77.1 Å². The lowest BCUT2D eigenvalue weighted by Crippen LogP contribution is -2.15. The van der Waals surface area contributed by atoms with Crippen molar-refractivity contribution in [2.45, 2.75) is 20.4 Å². The molecule has 2 heterocycles. The molecular formula is C25H23N5O3. The predicted molar refractivity (Wildman–Crippen MR) is 125 cm³/mol. The van der Waals surface area contributed by atoms with Crippen LogP contribution in [0.5, 0.6) is 11.6 Å². The Balaban J connectivity index is 1.50. The standard InChI is InChI=1S/C25H23N5O3/c1-16-24(17(2)30(29-16)12-13-33-19-10-8-18(15-26)9-11-19)28-25(31)21-14-23(32-3)27-22-7-5-4-6-20(21)22/h4-11,14H,12-13H2,1-3H3,(H,28,31). The maximum atomic E-state index is 13.2.